The molecule has 1 N–H and O–H groups in total. The molecule has 1 aromatic heterocycles. The Labute approximate surface area is 155 Å². The predicted octanol–water partition coefficient (Wildman–Crippen LogP) is 3.00. The van der Waals surface area contributed by atoms with Crippen LogP contribution in [-0.2, 0) is 13.1 Å². The van der Waals surface area contributed by atoms with Gasteiger partial charge in [0.05, 0.1) is 13.2 Å². The summed E-state index contributed by atoms with van der Waals surface area (Å²) in [6.45, 7) is 5.59. The quantitative estimate of drug-likeness (QED) is 0.895. The van der Waals surface area contributed by atoms with E-state index < -0.39 is 0 Å². The van der Waals surface area contributed by atoms with Crippen molar-refractivity contribution in [2.75, 3.05) is 26.3 Å². The standard InChI is InChI=1S/C21H27N3O2/c1-3-18(21-20(4-1)25-13-2-14-26-21)15-23-19-7-11-24(12-8-19)16-17-5-9-22-10-6-17/h1,3-6,9-10,19,23H,2,7-8,11-16H2. The van der Waals surface area contributed by atoms with Gasteiger partial charge < -0.3 is 14.8 Å². The fourth-order valence-corrected chi connectivity index (χ4v) is 3.69. The molecule has 2 aliphatic rings. The van der Waals surface area contributed by atoms with Crippen molar-refractivity contribution in [3.05, 3.63) is 53.9 Å². The lowest BCUT2D eigenvalue weighted by atomic mass is 10.0. The van der Waals surface area contributed by atoms with Crippen molar-refractivity contribution >= 4 is 0 Å². The van der Waals surface area contributed by atoms with E-state index in [2.05, 4.69) is 39.5 Å². The molecule has 4 rings (SSSR count). The van der Waals surface area contributed by atoms with E-state index in [1.807, 2.05) is 18.5 Å². The van der Waals surface area contributed by atoms with E-state index in [-0.39, 0.29) is 0 Å². The molecule has 3 heterocycles. The van der Waals surface area contributed by atoms with Gasteiger partial charge in [0.25, 0.3) is 0 Å². The fraction of sp³-hybridized carbons (Fsp3) is 0.476. The van der Waals surface area contributed by atoms with E-state index in [0.29, 0.717) is 6.04 Å². The highest BCUT2D eigenvalue weighted by atomic mass is 16.5. The van der Waals surface area contributed by atoms with Gasteiger partial charge in [-0.1, -0.05) is 12.1 Å². The number of benzene rings is 1. The molecule has 0 saturated carbocycles. The third kappa shape index (κ3) is 4.34. The Hall–Kier alpha value is -2.11. The van der Waals surface area contributed by atoms with Gasteiger partial charge in [-0.15, -0.1) is 0 Å². The summed E-state index contributed by atoms with van der Waals surface area (Å²) in [7, 11) is 0. The number of ether oxygens (including phenoxy) is 2. The first-order chi connectivity index (χ1) is 12.9. The molecule has 0 spiro atoms. The minimum Gasteiger partial charge on any atom is -0.490 e. The number of nitrogens with zero attached hydrogens (tertiary/aromatic N) is 2. The average Bonchev–Trinajstić information content (AvgIpc) is 2.94. The molecule has 1 aromatic carbocycles. The zero-order valence-corrected chi connectivity index (χ0v) is 15.2. The maximum atomic E-state index is 5.92. The second-order valence-electron chi connectivity index (χ2n) is 7.08. The lowest BCUT2D eigenvalue weighted by Gasteiger charge is -2.32. The molecule has 2 aliphatic heterocycles. The lowest BCUT2D eigenvalue weighted by Crippen LogP contribution is -2.41. The maximum Gasteiger partial charge on any atom is 0.165 e. The summed E-state index contributed by atoms with van der Waals surface area (Å²) >= 11 is 0. The van der Waals surface area contributed by atoms with Crippen LogP contribution in [0.3, 0.4) is 0 Å². The van der Waals surface area contributed by atoms with E-state index in [1.165, 1.54) is 24.0 Å². The predicted molar refractivity (Wildman–Crippen MR) is 101 cm³/mol. The second-order valence-corrected chi connectivity index (χ2v) is 7.08. The normalized spacial score (nSPS) is 18.5. The molecule has 138 valence electrons. The summed E-state index contributed by atoms with van der Waals surface area (Å²) in [4.78, 5) is 6.62. The van der Waals surface area contributed by atoms with Gasteiger partial charge in [-0.2, -0.15) is 0 Å². The van der Waals surface area contributed by atoms with Crippen LogP contribution in [0.1, 0.15) is 30.4 Å². The van der Waals surface area contributed by atoms with Crippen molar-refractivity contribution < 1.29 is 9.47 Å². The first-order valence-electron chi connectivity index (χ1n) is 9.60. The molecule has 0 atom stereocenters. The third-order valence-electron chi connectivity index (χ3n) is 5.18. The van der Waals surface area contributed by atoms with Gasteiger partial charge in [0.15, 0.2) is 11.5 Å². The van der Waals surface area contributed by atoms with E-state index >= 15 is 0 Å². The number of fused-ring (bicyclic) bond motifs is 1. The van der Waals surface area contributed by atoms with E-state index in [9.17, 15) is 0 Å². The van der Waals surface area contributed by atoms with Gasteiger partial charge in [0, 0.05) is 43.5 Å². The van der Waals surface area contributed by atoms with Gasteiger partial charge in [-0.3, -0.25) is 9.88 Å². The number of likely N-dealkylation sites (tertiary alicyclic amines) is 1. The molecule has 0 amide bonds. The molecule has 1 fully saturated rings. The zero-order valence-electron chi connectivity index (χ0n) is 15.2. The highest BCUT2D eigenvalue weighted by molar-refractivity contribution is 5.47. The molecule has 26 heavy (non-hydrogen) atoms. The Bertz CT molecular complexity index is 700. The van der Waals surface area contributed by atoms with Gasteiger partial charge in [0.1, 0.15) is 0 Å². The van der Waals surface area contributed by atoms with Crippen LogP contribution in [0.15, 0.2) is 42.7 Å². The van der Waals surface area contributed by atoms with Gasteiger partial charge >= 0.3 is 0 Å². The fourth-order valence-electron chi connectivity index (χ4n) is 3.69. The number of nitrogens with one attached hydrogen (secondary N) is 1. The molecular weight excluding hydrogens is 326 g/mol. The first kappa shape index (κ1) is 17.3. The molecule has 0 radical (unpaired) electrons. The number of pyridine rings is 1. The highest BCUT2D eigenvalue weighted by Crippen LogP contribution is 2.33. The second kappa shape index (κ2) is 8.52. The van der Waals surface area contributed by atoms with Crippen LogP contribution >= 0.6 is 0 Å². The summed E-state index contributed by atoms with van der Waals surface area (Å²) in [6.07, 6.45) is 7.04. The number of hydrogen-bond donors (Lipinski definition) is 1. The number of para-hydroxylation sites is 1. The zero-order chi connectivity index (χ0) is 17.6. The van der Waals surface area contributed by atoms with Crippen LogP contribution in [0, 0.1) is 0 Å². The van der Waals surface area contributed by atoms with Crippen molar-refractivity contribution in [3.63, 3.8) is 0 Å². The SMILES string of the molecule is c1cc(CNC2CCN(Cc3ccncc3)CC2)c2c(c1)OCCCO2. The number of rotatable bonds is 5. The monoisotopic (exact) mass is 353 g/mol. The van der Waals surface area contributed by atoms with Crippen LogP contribution in [0.4, 0.5) is 0 Å². The molecule has 0 aliphatic carbocycles. The van der Waals surface area contributed by atoms with Crippen molar-refractivity contribution in [3.8, 4) is 11.5 Å². The summed E-state index contributed by atoms with van der Waals surface area (Å²) in [5.74, 6) is 1.81. The Morgan fingerprint density at radius 2 is 1.85 bits per heavy atom. The van der Waals surface area contributed by atoms with Crippen molar-refractivity contribution in [1.29, 1.82) is 0 Å². The Kier molecular flexibility index (Phi) is 5.67. The van der Waals surface area contributed by atoms with Crippen molar-refractivity contribution in [2.24, 2.45) is 0 Å². The minimum absolute atomic E-state index is 0.561. The number of hydrogen-bond acceptors (Lipinski definition) is 5. The largest absolute Gasteiger partial charge is 0.490 e. The van der Waals surface area contributed by atoms with Gasteiger partial charge in [0.2, 0.25) is 0 Å². The van der Waals surface area contributed by atoms with Gasteiger partial charge in [-0.05, 0) is 49.7 Å². The van der Waals surface area contributed by atoms with Crippen molar-refractivity contribution in [1.82, 2.24) is 15.2 Å². The molecule has 0 bridgehead atoms. The average molecular weight is 353 g/mol. The smallest absolute Gasteiger partial charge is 0.165 e. The highest BCUT2D eigenvalue weighted by Gasteiger charge is 2.20. The van der Waals surface area contributed by atoms with E-state index in [0.717, 1.165) is 57.3 Å². The number of aromatic nitrogens is 1. The Balaban J connectivity index is 1.28. The van der Waals surface area contributed by atoms with Gasteiger partial charge in [-0.25, -0.2) is 0 Å². The summed E-state index contributed by atoms with van der Waals surface area (Å²) in [6, 6.07) is 11.0. The molecular formula is C21H27N3O2. The Morgan fingerprint density at radius 3 is 2.69 bits per heavy atom. The van der Waals surface area contributed by atoms with Crippen molar-refractivity contribution in [2.45, 2.75) is 38.4 Å². The molecule has 1 saturated heterocycles. The Morgan fingerprint density at radius 1 is 1.04 bits per heavy atom. The minimum atomic E-state index is 0.561. The third-order valence-corrected chi connectivity index (χ3v) is 5.18. The summed E-state index contributed by atoms with van der Waals surface area (Å²) < 4.78 is 11.7. The number of piperidine rings is 1. The molecule has 0 unspecified atom stereocenters. The van der Waals surface area contributed by atoms with Crippen LogP contribution in [-0.4, -0.2) is 42.2 Å². The van der Waals surface area contributed by atoms with Crippen LogP contribution in [0.5, 0.6) is 11.5 Å². The van der Waals surface area contributed by atoms with Crippen LogP contribution in [0.25, 0.3) is 0 Å². The molecule has 2 aromatic rings. The van der Waals surface area contributed by atoms with Crippen LogP contribution in [0.2, 0.25) is 0 Å². The molecule has 5 nitrogen and oxygen atoms in total. The first-order valence-corrected chi connectivity index (χ1v) is 9.60. The topological polar surface area (TPSA) is 46.6 Å². The maximum absolute atomic E-state index is 5.92. The summed E-state index contributed by atoms with van der Waals surface area (Å²) in [5.41, 5.74) is 2.54. The lowest BCUT2D eigenvalue weighted by molar-refractivity contribution is 0.189. The molecule has 5 heteroatoms. The van der Waals surface area contributed by atoms with E-state index in [1.54, 1.807) is 0 Å². The summed E-state index contributed by atoms with van der Waals surface area (Å²) in [5, 5.41) is 3.72. The van der Waals surface area contributed by atoms with Crippen LogP contribution < -0.4 is 14.8 Å². The van der Waals surface area contributed by atoms with E-state index in [4.69, 9.17) is 9.47 Å².